The minimum absolute atomic E-state index is 0.0189. The van der Waals surface area contributed by atoms with Gasteiger partial charge in [-0.2, -0.15) is 5.10 Å². The van der Waals surface area contributed by atoms with Crippen LogP contribution in [-0.2, 0) is 9.84 Å². The maximum Gasteiger partial charge on any atom is 0.235 e. The van der Waals surface area contributed by atoms with Crippen molar-refractivity contribution in [2.24, 2.45) is 5.41 Å². The molecule has 0 spiro atoms. The minimum atomic E-state index is -3.15. The molecular formula is C27H25F2N3O4S. The molecule has 10 heteroatoms. The lowest BCUT2D eigenvalue weighted by Gasteiger charge is -2.20. The van der Waals surface area contributed by atoms with Crippen LogP contribution in [0.1, 0.15) is 37.0 Å². The van der Waals surface area contributed by atoms with E-state index in [-0.39, 0.29) is 23.7 Å². The van der Waals surface area contributed by atoms with E-state index in [0.717, 1.165) is 0 Å². The molecule has 37 heavy (non-hydrogen) atoms. The summed E-state index contributed by atoms with van der Waals surface area (Å²) in [5, 5.41) is 4.71. The first-order valence-electron chi connectivity index (χ1n) is 11.8. The molecule has 5 rings (SSSR count). The molecule has 0 bridgehead atoms. The molecular weight excluding hydrogens is 500 g/mol. The van der Waals surface area contributed by atoms with Crippen LogP contribution in [0.5, 0.6) is 5.75 Å². The van der Waals surface area contributed by atoms with Crippen LogP contribution >= 0.6 is 0 Å². The smallest absolute Gasteiger partial charge is 0.235 e. The van der Waals surface area contributed by atoms with Gasteiger partial charge in [-0.3, -0.25) is 9.78 Å². The largest absolute Gasteiger partial charge is 0.461 e. The Bertz CT molecular complexity index is 1600. The van der Waals surface area contributed by atoms with E-state index in [1.54, 1.807) is 47.1 Å². The van der Waals surface area contributed by atoms with Crippen LogP contribution in [0.3, 0.4) is 0 Å². The Hall–Kier alpha value is -3.66. The number of hydrogen-bond donors (Lipinski definition) is 0. The summed E-state index contributed by atoms with van der Waals surface area (Å²) in [6.07, 6.45) is 0.483. The van der Waals surface area contributed by atoms with E-state index in [0.29, 0.717) is 45.7 Å². The molecule has 4 aromatic rings. The summed E-state index contributed by atoms with van der Waals surface area (Å²) in [4.78, 5) is 17.8. The van der Waals surface area contributed by atoms with E-state index in [4.69, 9.17) is 9.84 Å². The lowest BCUT2D eigenvalue weighted by atomic mass is 9.83. The van der Waals surface area contributed by atoms with Gasteiger partial charge in [0.2, 0.25) is 6.36 Å². The molecule has 1 fully saturated rings. The number of halogens is 2. The first-order chi connectivity index (χ1) is 17.5. The normalized spacial score (nSPS) is 19.7. The SMILES string of the molecule is CC(F)Oc1cccc(-c2nn(-c3ccc(F)cc3)c3cc(C(=O)C[C@@]4(C)CCS(=O)(=O)C4)cnc23)c1. The number of pyridine rings is 1. The van der Waals surface area contributed by atoms with E-state index in [9.17, 15) is 22.0 Å². The summed E-state index contributed by atoms with van der Waals surface area (Å²) in [6.45, 7) is 3.10. The molecule has 2 aromatic heterocycles. The second kappa shape index (κ2) is 9.33. The quantitative estimate of drug-likeness (QED) is 0.304. The lowest BCUT2D eigenvalue weighted by molar-refractivity contribution is 0.0860. The number of Topliss-reactive ketones (excluding diaryl/α,β-unsaturated/α-hetero) is 1. The van der Waals surface area contributed by atoms with Crippen molar-refractivity contribution in [3.05, 3.63) is 72.2 Å². The molecule has 0 N–H and O–H groups in total. The zero-order valence-electron chi connectivity index (χ0n) is 20.3. The summed E-state index contributed by atoms with van der Waals surface area (Å²) in [7, 11) is -3.15. The first-order valence-corrected chi connectivity index (χ1v) is 13.6. The van der Waals surface area contributed by atoms with Crippen molar-refractivity contribution in [3.8, 4) is 22.7 Å². The number of carbonyl (C=O) groups is 1. The monoisotopic (exact) mass is 525 g/mol. The molecule has 0 amide bonds. The van der Waals surface area contributed by atoms with Crippen LogP contribution in [-0.4, -0.2) is 46.8 Å². The number of fused-ring (bicyclic) bond motifs is 1. The molecule has 1 aliphatic heterocycles. The minimum Gasteiger partial charge on any atom is -0.461 e. The van der Waals surface area contributed by atoms with Crippen LogP contribution in [0.2, 0.25) is 0 Å². The Balaban J connectivity index is 1.59. The van der Waals surface area contributed by atoms with Gasteiger partial charge in [0.1, 0.15) is 22.8 Å². The third-order valence-corrected chi connectivity index (χ3v) is 8.45. The highest BCUT2D eigenvalue weighted by Crippen LogP contribution is 2.37. The topological polar surface area (TPSA) is 91.2 Å². The van der Waals surface area contributed by atoms with Gasteiger partial charge in [0, 0.05) is 30.7 Å². The number of alkyl halides is 1. The predicted molar refractivity (Wildman–Crippen MR) is 136 cm³/mol. The summed E-state index contributed by atoms with van der Waals surface area (Å²) in [6, 6.07) is 14.2. The van der Waals surface area contributed by atoms with Crippen LogP contribution in [0.4, 0.5) is 8.78 Å². The number of sulfone groups is 1. The molecule has 0 aliphatic carbocycles. The van der Waals surface area contributed by atoms with E-state index in [1.165, 1.54) is 25.3 Å². The third-order valence-electron chi connectivity index (χ3n) is 6.49. The Kier molecular flexibility index (Phi) is 6.31. The van der Waals surface area contributed by atoms with Crippen molar-refractivity contribution in [1.29, 1.82) is 0 Å². The fraction of sp³-hybridized carbons (Fsp3) is 0.296. The third kappa shape index (κ3) is 5.24. The molecule has 0 saturated carbocycles. The van der Waals surface area contributed by atoms with Gasteiger partial charge in [0.25, 0.3) is 0 Å². The van der Waals surface area contributed by atoms with E-state index in [2.05, 4.69) is 4.98 Å². The number of ether oxygens (including phenoxy) is 1. The number of carbonyl (C=O) groups excluding carboxylic acids is 1. The zero-order valence-corrected chi connectivity index (χ0v) is 21.1. The van der Waals surface area contributed by atoms with Crippen molar-refractivity contribution >= 4 is 26.7 Å². The summed E-state index contributed by atoms with van der Waals surface area (Å²) in [5.41, 5.74) is 2.37. The number of aromatic nitrogens is 3. The highest BCUT2D eigenvalue weighted by atomic mass is 32.2. The van der Waals surface area contributed by atoms with Gasteiger partial charge in [0.05, 0.1) is 22.7 Å². The number of rotatable bonds is 7. The van der Waals surface area contributed by atoms with Crippen LogP contribution < -0.4 is 4.74 Å². The van der Waals surface area contributed by atoms with Crippen LogP contribution in [0, 0.1) is 11.2 Å². The number of ketones is 1. The fourth-order valence-electron chi connectivity index (χ4n) is 4.73. The van der Waals surface area contributed by atoms with Crippen molar-refractivity contribution in [2.45, 2.75) is 33.0 Å². The molecule has 1 saturated heterocycles. The highest BCUT2D eigenvalue weighted by Gasteiger charge is 2.40. The van der Waals surface area contributed by atoms with Gasteiger partial charge in [-0.15, -0.1) is 0 Å². The molecule has 1 aliphatic rings. The standard InChI is InChI=1S/C27H25F2N3O4S/c1-17(28)36-22-5-3-4-18(12-22)25-26-23(32(31-25)21-8-6-20(29)7-9-21)13-19(15-30-26)24(33)14-27(2)10-11-37(34,35)16-27/h3-9,12-13,15,17H,10-11,14,16H2,1-2H3/t17?,27-/m1/s1. The van der Waals surface area contributed by atoms with Crippen molar-refractivity contribution in [3.63, 3.8) is 0 Å². The molecule has 1 unspecified atom stereocenters. The molecule has 2 aromatic carbocycles. The number of benzene rings is 2. The fourth-order valence-corrected chi connectivity index (χ4v) is 6.99. The van der Waals surface area contributed by atoms with Crippen LogP contribution in [0.25, 0.3) is 28.0 Å². The Morgan fingerprint density at radius 2 is 1.95 bits per heavy atom. The van der Waals surface area contributed by atoms with E-state index < -0.39 is 27.4 Å². The number of nitrogens with zero attached hydrogens (tertiary/aromatic N) is 3. The van der Waals surface area contributed by atoms with Crippen LogP contribution in [0.15, 0.2) is 60.8 Å². The second-order valence-corrected chi connectivity index (χ2v) is 12.0. The van der Waals surface area contributed by atoms with Gasteiger partial charge in [0.15, 0.2) is 15.6 Å². The second-order valence-electron chi connectivity index (χ2n) is 9.77. The summed E-state index contributed by atoms with van der Waals surface area (Å²) in [5.74, 6) is -0.231. The van der Waals surface area contributed by atoms with E-state index in [1.807, 2.05) is 6.92 Å². The number of hydrogen-bond acceptors (Lipinski definition) is 6. The summed E-state index contributed by atoms with van der Waals surface area (Å²) >= 11 is 0. The van der Waals surface area contributed by atoms with Crippen molar-refractivity contribution in [1.82, 2.24) is 14.8 Å². The average molecular weight is 526 g/mol. The molecule has 0 radical (unpaired) electrons. The maximum atomic E-state index is 13.6. The van der Waals surface area contributed by atoms with Gasteiger partial charge in [-0.25, -0.2) is 21.9 Å². The predicted octanol–water partition coefficient (Wildman–Crippen LogP) is 5.32. The molecule has 7 nitrogen and oxygen atoms in total. The molecule has 2 atom stereocenters. The van der Waals surface area contributed by atoms with Gasteiger partial charge in [-0.1, -0.05) is 19.1 Å². The van der Waals surface area contributed by atoms with Crippen molar-refractivity contribution < 1.29 is 26.7 Å². The van der Waals surface area contributed by atoms with Gasteiger partial charge < -0.3 is 4.74 Å². The Labute approximate surface area is 213 Å². The average Bonchev–Trinajstić information content (AvgIpc) is 3.35. The summed E-state index contributed by atoms with van der Waals surface area (Å²) < 4.78 is 57.8. The Morgan fingerprint density at radius 1 is 1.19 bits per heavy atom. The molecule has 3 heterocycles. The van der Waals surface area contributed by atoms with Crippen molar-refractivity contribution in [2.75, 3.05) is 11.5 Å². The highest BCUT2D eigenvalue weighted by molar-refractivity contribution is 7.91. The van der Waals surface area contributed by atoms with E-state index >= 15 is 0 Å². The maximum absolute atomic E-state index is 13.6. The zero-order chi connectivity index (χ0) is 26.4. The first kappa shape index (κ1) is 25.0. The van der Waals surface area contributed by atoms with Gasteiger partial charge >= 0.3 is 0 Å². The Morgan fingerprint density at radius 3 is 2.62 bits per heavy atom. The molecule has 192 valence electrons. The lowest BCUT2D eigenvalue weighted by Crippen LogP contribution is -2.22. The van der Waals surface area contributed by atoms with Gasteiger partial charge in [-0.05, 0) is 54.3 Å².